The summed E-state index contributed by atoms with van der Waals surface area (Å²) in [5, 5.41) is 4.73. The Morgan fingerprint density at radius 1 is 1.27 bits per heavy atom. The molecule has 1 atom stereocenters. The molecule has 4 rings (SSSR count). The standard InChI is InChI=1S/C16H18N2O2S.ClH/c19-16(18-5-7-20-8-6-18)13-9-12-11-3-1-2-4-14(11)21-15(12)10-17-13;/h1-4,13,17H,5-10H2;1H/t13-;/m1./s1. The molecule has 1 aromatic carbocycles. The number of ether oxygens (including phenoxy) is 1. The Hall–Kier alpha value is -1.14. The minimum absolute atomic E-state index is 0. The zero-order valence-corrected chi connectivity index (χ0v) is 13.8. The van der Waals surface area contributed by atoms with Crippen molar-refractivity contribution in [3.8, 4) is 0 Å². The van der Waals surface area contributed by atoms with E-state index in [1.807, 2.05) is 16.2 Å². The third kappa shape index (κ3) is 2.74. The highest BCUT2D eigenvalue weighted by atomic mass is 35.5. The lowest BCUT2D eigenvalue weighted by Crippen LogP contribution is -2.52. The largest absolute Gasteiger partial charge is 0.378 e. The first-order valence-corrected chi connectivity index (χ1v) is 8.24. The lowest BCUT2D eigenvalue weighted by molar-refractivity contribution is -0.137. The Labute approximate surface area is 139 Å². The summed E-state index contributed by atoms with van der Waals surface area (Å²) in [5.41, 5.74) is 1.36. The van der Waals surface area contributed by atoms with Crippen LogP contribution in [0.25, 0.3) is 10.1 Å². The number of rotatable bonds is 1. The lowest BCUT2D eigenvalue weighted by Gasteiger charge is -2.32. The predicted octanol–water partition coefficient (Wildman–Crippen LogP) is 2.20. The van der Waals surface area contributed by atoms with Gasteiger partial charge in [-0.1, -0.05) is 18.2 Å². The van der Waals surface area contributed by atoms with Crippen molar-refractivity contribution in [2.45, 2.75) is 19.0 Å². The van der Waals surface area contributed by atoms with Gasteiger partial charge in [0, 0.05) is 29.2 Å². The van der Waals surface area contributed by atoms with E-state index in [0.29, 0.717) is 26.3 Å². The summed E-state index contributed by atoms with van der Waals surface area (Å²) in [6.07, 6.45) is 0.801. The lowest BCUT2D eigenvalue weighted by atomic mass is 9.98. The Bertz CT molecular complexity index is 682. The van der Waals surface area contributed by atoms with Crippen molar-refractivity contribution in [1.29, 1.82) is 0 Å². The Balaban J connectivity index is 0.00000144. The van der Waals surface area contributed by atoms with E-state index < -0.39 is 0 Å². The molecule has 0 unspecified atom stereocenters. The van der Waals surface area contributed by atoms with Crippen molar-refractivity contribution < 1.29 is 9.53 Å². The van der Waals surface area contributed by atoms with Gasteiger partial charge in [-0.25, -0.2) is 0 Å². The second-order valence-corrected chi connectivity index (χ2v) is 6.71. The summed E-state index contributed by atoms with van der Waals surface area (Å²) >= 11 is 1.84. The molecule has 2 aliphatic heterocycles. The van der Waals surface area contributed by atoms with Crippen molar-refractivity contribution in [3.63, 3.8) is 0 Å². The number of morpholine rings is 1. The van der Waals surface area contributed by atoms with E-state index >= 15 is 0 Å². The number of benzene rings is 1. The number of fused-ring (bicyclic) bond motifs is 3. The van der Waals surface area contributed by atoms with E-state index in [1.165, 1.54) is 20.5 Å². The molecule has 1 N–H and O–H groups in total. The molecule has 118 valence electrons. The van der Waals surface area contributed by atoms with Crippen molar-refractivity contribution in [1.82, 2.24) is 10.2 Å². The molecular formula is C16H19ClN2O2S. The summed E-state index contributed by atoms with van der Waals surface area (Å²) in [4.78, 5) is 15.9. The van der Waals surface area contributed by atoms with Crippen LogP contribution in [0, 0.1) is 0 Å². The van der Waals surface area contributed by atoms with Crippen LogP contribution in [0.3, 0.4) is 0 Å². The molecule has 0 saturated carbocycles. The average molecular weight is 339 g/mol. The fraction of sp³-hybridized carbons (Fsp3) is 0.438. The molecule has 1 amide bonds. The number of hydrogen-bond acceptors (Lipinski definition) is 4. The van der Waals surface area contributed by atoms with Crippen LogP contribution >= 0.6 is 23.7 Å². The molecule has 22 heavy (non-hydrogen) atoms. The second-order valence-electron chi connectivity index (χ2n) is 5.58. The molecule has 1 saturated heterocycles. The van der Waals surface area contributed by atoms with E-state index in [-0.39, 0.29) is 24.4 Å². The maximum absolute atomic E-state index is 12.6. The third-order valence-corrected chi connectivity index (χ3v) is 5.53. The van der Waals surface area contributed by atoms with E-state index in [1.54, 1.807) is 0 Å². The van der Waals surface area contributed by atoms with Crippen LogP contribution in [0.1, 0.15) is 10.4 Å². The van der Waals surface area contributed by atoms with Gasteiger partial charge in [0.05, 0.1) is 19.3 Å². The first kappa shape index (κ1) is 15.7. The maximum atomic E-state index is 12.6. The number of halogens is 1. The number of thiophene rings is 1. The van der Waals surface area contributed by atoms with Crippen LogP contribution in [0.2, 0.25) is 0 Å². The van der Waals surface area contributed by atoms with Crippen LogP contribution in [-0.4, -0.2) is 43.2 Å². The van der Waals surface area contributed by atoms with E-state index in [9.17, 15) is 4.79 Å². The highest BCUT2D eigenvalue weighted by Crippen LogP contribution is 2.34. The van der Waals surface area contributed by atoms with Gasteiger partial charge < -0.3 is 15.0 Å². The van der Waals surface area contributed by atoms with Crippen LogP contribution in [0.5, 0.6) is 0 Å². The molecule has 6 heteroatoms. The molecule has 4 nitrogen and oxygen atoms in total. The van der Waals surface area contributed by atoms with Crippen molar-refractivity contribution in [2.24, 2.45) is 0 Å². The number of nitrogens with one attached hydrogen (secondary N) is 1. The Morgan fingerprint density at radius 2 is 2.05 bits per heavy atom. The Kier molecular flexibility index (Phi) is 4.68. The first-order chi connectivity index (χ1) is 10.3. The molecule has 1 aromatic heterocycles. The summed E-state index contributed by atoms with van der Waals surface area (Å²) in [5.74, 6) is 0.222. The summed E-state index contributed by atoms with van der Waals surface area (Å²) in [6.45, 7) is 3.55. The SMILES string of the molecule is Cl.O=C([C@H]1Cc2c(sc3ccccc23)CN1)N1CCOCC1. The number of hydrogen-bond donors (Lipinski definition) is 1. The van der Waals surface area contributed by atoms with Gasteiger partial charge in [-0.05, 0) is 23.4 Å². The van der Waals surface area contributed by atoms with Crippen molar-refractivity contribution in [2.75, 3.05) is 26.3 Å². The molecule has 0 spiro atoms. The maximum Gasteiger partial charge on any atom is 0.240 e. The zero-order valence-electron chi connectivity index (χ0n) is 12.2. The third-order valence-electron chi connectivity index (χ3n) is 4.32. The number of carbonyl (C=O) groups excluding carboxylic acids is 1. The summed E-state index contributed by atoms with van der Waals surface area (Å²) in [6, 6.07) is 8.40. The molecule has 1 fully saturated rings. The molecule has 0 radical (unpaired) electrons. The van der Waals surface area contributed by atoms with E-state index in [4.69, 9.17) is 4.74 Å². The quantitative estimate of drug-likeness (QED) is 0.866. The highest BCUT2D eigenvalue weighted by Gasteiger charge is 2.30. The zero-order chi connectivity index (χ0) is 14.2. The molecular weight excluding hydrogens is 320 g/mol. The minimum Gasteiger partial charge on any atom is -0.378 e. The van der Waals surface area contributed by atoms with Crippen LogP contribution in [-0.2, 0) is 22.5 Å². The number of carbonyl (C=O) groups is 1. The van der Waals surface area contributed by atoms with E-state index in [2.05, 4.69) is 29.6 Å². The van der Waals surface area contributed by atoms with Gasteiger partial charge in [0.25, 0.3) is 0 Å². The molecule has 2 aromatic rings. The van der Waals surface area contributed by atoms with Crippen molar-refractivity contribution >= 4 is 39.7 Å². The van der Waals surface area contributed by atoms with Crippen LogP contribution < -0.4 is 5.32 Å². The molecule has 3 heterocycles. The first-order valence-electron chi connectivity index (χ1n) is 7.42. The molecule has 2 aliphatic rings. The predicted molar refractivity (Wildman–Crippen MR) is 90.8 cm³/mol. The van der Waals surface area contributed by atoms with Crippen LogP contribution in [0.15, 0.2) is 24.3 Å². The van der Waals surface area contributed by atoms with Gasteiger partial charge in [0.2, 0.25) is 5.91 Å². The second kappa shape index (κ2) is 6.54. The highest BCUT2D eigenvalue weighted by molar-refractivity contribution is 7.19. The monoisotopic (exact) mass is 338 g/mol. The normalized spacial score (nSPS) is 21.3. The minimum atomic E-state index is -0.0893. The Morgan fingerprint density at radius 3 is 2.86 bits per heavy atom. The molecule has 0 bridgehead atoms. The smallest absolute Gasteiger partial charge is 0.240 e. The van der Waals surface area contributed by atoms with Gasteiger partial charge in [-0.15, -0.1) is 23.7 Å². The van der Waals surface area contributed by atoms with E-state index in [0.717, 1.165) is 13.0 Å². The fourth-order valence-electron chi connectivity index (χ4n) is 3.19. The van der Waals surface area contributed by atoms with Gasteiger partial charge in [0.15, 0.2) is 0 Å². The van der Waals surface area contributed by atoms with Gasteiger partial charge in [-0.3, -0.25) is 4.79 Å². The number of amides is 1. The average Bonchev–Trinajstić information content (AvgIpc) is 2.93. The topological polar surface area (TPSA) is 41.6 Å². The molecule has 0 aliphatic carbocycles. The van der Waals surface area contributed by atoms with Crippen molar-refractivity contribution in [3.05, 3.63) is 34.7 Å². The van der Waals surface area contributed by atoms with Gasteiger partial charge in [-0.2, -0.15) is 0 Å². The summed E-state index contributed by atoms with van der Waals surface area (Å²) in [7, 11) is 0. The van der Waals surface area contributed by atoms with Crippen LogP contribution in [0.4, 0.5) is 0 Å². The fourth-order valence-corrected chi connectivity index (χ4v) is 4.37. The number of nitrogens with zero attached hydrogens (tertiary/aromatic N) is 1. The van der Waals surface area contributed by atoms with Gasteiger partial charge >= 0.3 is 0 Å². The van der Waals surface area contributed by atoms with Gasteiger partial charge in [0.1, 0.15) is 0 Å². The summed E-state index contributed by atoms with van der Waals surface area (Å²) < 4.78 is 6.65.